The molecule has 0 aliphatic carbocycles. The standard InChI is InChI=1S/C46H98NO5P/c1-9-10-11-12-13-14-15-16-18-22-25-28-31-34-40-50-46(43-52-53(8,48)51-41-38-47(5,6)7)42-49-39-33-30-27-24-21-19-17-20-23-26-29-32-35-45(4)37-36-44(2)3/h44-46,48H,9-43H2,1-8H3/q+2/t45-,46+,53?/m0/s1. The summed E-state index contributed by atoms with van der Waals surface area (Å²) in [6.45, 7) is 14.7. The molecule has 0 radical (unpaired) electrons. The van der Waals surface area contributed by atoms with Crippen LogP contribution in [0.15, 0.2) is 0 Å². The number of hydrogen-bond acceptors (Lipinski definition) is 5. The number of ether oxygens (including phenoxy) is 2. The molecule has 1 N–H and O–H groups in total. The largest absolute Gasteiger partial charge is 0.405 e. The van der Waals surface area contributed by atoms with Crippen LogP contribution in [0.4, 0.5) is 0 Å². The Morgan fingerprint density at radius 3 is 1.38 bits per heavy atom. The third-order valence-electron chi connectivity index (χ3n) is 10.7. The minimum absolute atomic E-state index is 0.177. The molecule has 0 spiro atoms. The van der Waals surface area contributed by atoms with E-state index in [0.717, 1.165) is 48.9 Å². The molecule has 0 aliphatic heterocycles. The maximum atomic E-state index is 10.8. The molecule has 7 heteroatoms. The molecule has 0 aromatic carbocycles. The SMILES string of the molecule is CCCCCCCCCCCCCCCCO[C@H](COCCCCCCCCCCCCCC[C@H](C)CCC(C)C)CO[P+](C)(O)OCC[N+](C)(C)C. The van der Waals surface area contributed by atoms with Gasteiger partial charge >= 0.3 is 7.94 Å². The summed E-state index contributed by atoms with van der Waals surface area (Å²) < 4.78 is 24.8. The fraction of sp³-hybridized carbons (Fsp3) is 1.00. The van der Waals surface area contributed by atoms with Crippen LogP contribution in [-0.4, -0.2) is 82.9 Å². The summed E-state index contributed by atoms with van der Waals surface area (Å²) in [4.78, 5) is 10.8. The maximum Gasteiger partial charge on any atom is 0.405 e. The van der Waals surface area contributed by atoms with Gasteiger partial charge in [-0.05, 0) is 24.7 Å². The molecule has 0 fully saturated rings. The highest BCUT2D eigenvalue weighted by Gasteiger charge is 2.35. The van der Waals surface area contributed by atoms with E-state index in [2.05, 4.69) is 48.8 Å². The second kappa shape index (κ2) is 37.7. The minimum atomic E-state index is -2.89. The highest BCUT2D eigenvalue weighted by Crippen LogP contribution is 2.53. The Bertz CT molecular complexity index is 731. The van der Waals surface area contributed by atoms with E-state index in [1.165, 1.54) is 173 Å². The first kappa shape index (κ1) is 53.2. The monoisotopic (exact) mass is 776 g/mol. The molecule has 0 bridgehead atoms. The quantitative estimate of drug-likeness (QED) is 0.0380. The van der Waals surface area contributed by atoms with E-state index in [-0.39, 0.29) is 6.10 Å². The Morgan fingerprint density at radius 1 is 0.491 bits per heavy atom. The first-order valence-electron chi connectivity index (χ1n) is 23.3. The number of unbranched alkanes of at least 4 members (excludes halogenated alkanes) is 24. The third-order valence-corrected chi connectivity index (χ3v) is 12.0. The van der Waals surface area contributed by atoms with E-state index >= 15 is 0 Å². The zero-order valence-corrected chi connectivity index (χ0v) is 38.3. The van der Waals surface area contributed by atoms with Crippen LogP contribution < -0.4 is 0 Å². The molecule has 0 saturated carbocycles. The molecular weight excluding hydrogens is 677 g/mol. The lowest BCUT2D eigenvalue weighted by Crippen LogP contribution is -2.37. The Kier molecular flexibility index (Phi) is 37.9. The number of likely N-dealkylation sites (N-methyl/N-ethyl adjacent to an activating group) is 1. The highest BCUT2D eigenvalue weighted by molar-refractivity contribution is 7.59. The van der Waals surface area contributed by atoms with Crippen molar-refractivity contribution in [2.24, 2.45) is 11.8 Å². The van der Waals surface area contributed by atoms with Crippen molar-refractivity contribution in [2.75, 3.05) is 67.4 Å². The summed E-state index contributed by atoms with van der Waals surface area (Å²) in [5.41, 5.74) is 0. The molecule has 0 aliphatic rings. The molecule has 320 valence electrons. The van der Waals surface area contributed by atoms with Gasteiger partial charge in [0.1, 0.15) is 32.5 Å². The molecule has 6 nitrogen and oxygen atoms in total. The number of rotatable bonds is 43. The summed E-state index contributed by atoms with van der Waals surface area (Å²) in [5, 5.41) is 0. The lowest BCUT2D eigenvalue weighted by Gasteiger charge is -2.24. The lowest BCUT2D eigenvalue weighted by molar-refractivity contribution is -0.870. The Balaban J connectivity index is 4.04. The van der Waals surface area contributed by atoms with Gasteiger partial charge in [0.05, 0.1) is 27.7 Å². The number of hydrogen-bond donors (Lipinski definition) is 1. The molecule has 0 saturated heterocycles. The van der Waals surface area contributed by atoms with Crippen LogP contribution in [0.3, 0.4) is 0 Å². The minimum Gasteiger partial charge on any atom is -0.379 e. The first-order valence-corrected chi connectivity index (χ1v) is 25.4. The van der Waals surface area contributed by atoms with Crippen molar-refractivity contribution < 1.29 is 27.9 Å². The fourth-order valence-electron chi connectivity index (χ4n) is 6.88. The number of quaternary nitrogens is 1. The van der Waals surface area contributed by atoms with E-state index in [0.29, 0.717) is 19.8 Å². The Morgan fingerprint density at radius 2 is 0.925 bits per heavy atom. The molecule has 3 atom stereocenters. The van der Waals surface area contributed by atoms with Gasteiger partial charge in [-0.15, -0.1) is 0 Å². The van der Waals surface area contributed by atoms with Crippen molar-refractivity contribution in [2.45, 2.75) is 220 Å². The molecule has 0 rings (SSSR count). The summed E-state index contributed by atoms with van der Waals surface area (Å²) >= 11 is 0. The lowest BCUT2D eigenvalue weighted by atomic mass is 9.94. The third kappa shape index (κ3) is 43.2. The zero-order chi connectivity index (χ0) is 39.3. The summed E-state index contributed by atoms with van der Waals surface area (Å²) in [7, 11) is 3.48. The molecular formula is C46H98NO5P+2. The van der Waals surface area contributed by atoms with E-state index in [4.69, 9.17) is 18.5 Å². The Hall–Kier alpha value is 0.190. The highest BCUT2D eigenvalue weighted by atomic mass is 31.2. The predicted molar refractivity (Wildman–Crippen MR) is 234 cm³/mol. The van der Waals surface area contributed by atoms with Gasteiger partial charge in [-0.25, -0.2) is 0 Å². The van der Waals surface area contributed by atoms with Crippen molar-refractivity contribution in [1.29, 1.82) is 0 Å². The first-order chi connectivity index (χ1) is 25.4. The summed E-state index contributed by atoms with van der Waals surface area (Å²) in [6, 6.07) is 0. The van der Waals surface area contributed by atoms with Crippen molar-refractivity contribution in [3.63, 3.8) is 0 Å². The van der Waals surface area contributed by atoms with Gasteiger partial charge in [0.15, 0.2) is 0 Å². The van der Waals surface area contributed by atoms with Crippen LogP contribution in [0.2, 0.25) is 0 Å². The van der Waals surface area contributed by atoms with Crippen LogP contribution in [0.5, 0.6) is 0 Å². The van der Waals surface area contributed by atoms with Gasteiger partial charge in [0, 0.05) is 13.2 Å². The Labute approximate surface area is 334 Å². The van der Waals surface area contributed by atoms with Gasteiger partial charge in [-0.2, -0.15) is 13.9 Å². The van der Waals surface area contributed by atoms with Gasteiger partial charge in [-0.3, -0.25) is 0 Å². The van der Waals surface area contributed by atoms with Gasteiger partial charge in [-0.1, -0.05) is 201 Å². The normalized spacial score (nSPS) is 14.6. The van der Waals surface area contributed by atoms with Crippen LogP contribution >= 0.6 is 7.94 Å². The number of nitrogens with zero attached hydrogens (tertiary/aromatic N) is 1. The predicted octanol–water partition coefficient (Wildman–Crippen LogP) is 14.1. The van der Waals surface area contributed by atoms with Crippen molar-refractivity contribution in [3.8, 4) is 0 Å². The van der Waals surface area contributed by atoms with Crippen LogP contribution in [-0.2, 0) is 18.5 Å². The maximum absolute atomic E-state index is 10.8. The van der Waals surface area contributed by atoms with Gasteiger partial charge in [0.2, 0.25) is 0 Å². The molecule has 0 amide bonds. The van der Waals surface area contributed by atoms with Gasteiger partial charge < -0.3 is 14.0 Å². The van der Waals surface area contributed by atoms with Crippen LogP contribution in [0.25, 0.3) is 0 Å². The van der Waals surface area contributed by atoms with Gasteiger partial charge in [0.25, 0.3) is 0 Å². The smallest absolute Gasteiger partial charge is 0.379 e. The second-order valence-corrected chi connectivity index (χ2v) is 20.3. The van der Waals surface area contributed by atoms with Crippen molar-refractivity contribution in [3.05, 3.63) is 0 Å². The van der Waals surface area contributed by atoms with E-state index in [1.54, 1.807) is 6.66 Å². The molecule has 0 aromatic rings. The van der Waals surface area contributed by atoms with E-state index < -0.39 is 7.94 Å². The second-order valence-electron chi connectivity index (χ2n) is 18.2. The van der Waals surface area contributed by atoms with Crippen molar-refractivity contribution >= 4 is 7.94 Å². The average Bonchev–Trinajstić information content (AvgIpc) is 3.10. The molecule has 0 aromatic heterocycles. The topological polar surface area (TPSA) is 57.2 Å². The van der Waals surface area contributed by atoms with E-state index in [1.807, 2.05) is 0 Å². The molecule has 1 unspecified atom stereocenters. The molecule has 0 heterocycles. The average molecular weight is 776 g/mol. The fourth-order valence-corrected chi connectivity index (χ4v) is 7.81. The molecule has 53 heavy (non-hydrogen) atoms. The van der Waals surface area contributed by atoms with E-state index in [9.17, 15) is 4.89 Å². The van der Waals surface area contributed by atoms with Crippen LogP contribution in [0.1, 0.15) is 214 Å². The summed E-state index contributed by atoms with van der Waals surface area (Å²) in [6.07, 6.45) is 39.3. The summed E-state index contributed by atoms with van der Waals surface area (Å²) in [5.74, 6) is 1.77. The zero-order valence-electron chi connectivity index (χ0n) is 37.5. The van der Waals surface area contributed by atoms with Crippen molar-refractivity contribution in [1.82, 2.24) is 0 Å². The van der Waals surface area contributed by atoms with Crippen LogP contribution in [0, 0.1) is 11.8 Å².